The highest BCUT2D eigenvalue weighted by atomic mass is 31.2. The quantitative estimate of drug-likeness (QED) is 0.452. The predicted molar refractivity (Wildman–Crippen MR) is 62.5 cm³/mol. The summed E-state index contributed by atoms with van der Waals surface area (Å²) in [6.45, 7) is 3.82. The third-order valence-electron chi connectivity index (χ3n) is 2.19. The van der Waals surface area contributed by atoms with E-state index >= 15 is 0 Å². The van der Waals surface area contributed by atoms with Gasteiger partial charge in [-0.05, 0) is 13.0 Å². The zero-order valence-corrected chi connectivity index (χ0v) is 10.1. The van der Waals surface area contributed by atoms with Crippen molar-refractivity contribution in [2.75, 3.05) is 12.8 Å². The Balaban J connectivity index is 3.16. The lowest BCUT2D eigenvalue weighted by Crippen LogP contribution is -2.10. The number of hydrogen-bond donors (Lipinski definition) is 0. The normalized spacial score (nSPS) is 14.4. The standard InChI is InChI=1S/C10H14NO4P/c1-3-15-16(14,4-2)10-7-5-6-9(8-10)11(12)13/h5-8H,3-4H2,1-2H3/t16-/m1/s1. The van der Waals surface area contributed by atoms with Crippen molar-refractivity contribution in [3.8, 4) is 0 Å². The highest BCUT2D eigenvalue weighted by Crippen LogP contribution is 2.45. The summed E-state index contributed by atoms with van der Waals surface area (Å²) < 4.78 is 17.5. The molecule has 0 radical (unpaired) electrons. The van der Waals surface area contributed by atoms with E-state index in [1.165, 1.54) is 18.2 Å². The van der Waals surface area contributed by atoms with Gasteiger partial charge in [0.1, 0.15) is 0 Å². The van der Waals surface area contributed by atoms with Crippen molar-refractivity contribution in [2.45, 2.75) is 13.8 Å². The maximum Gasteiger partial charge on any atom is 0.270 e. The lowest BCUT2D eigenvalue weighted by atomic mass is 10.3. The molecule has 0 heterocycles. The minimum Gasteiger partial charge on any atom is -0.326 e. The third-order valence-corrected chi connectivity index (χ3v) is 4.76. The SMILES string of the molecule is CCO[P@](=O)(CC)c1cccc([N+](=O)[O-])c1. The maximum absolute atomic E-state index is 12.3. The molecule has 1 atom stereocenters. The molecule has 0 spiro atoms. The van der Waals surface area contributed by atoms with E-state index in [0.717, 1.165) is 0 Å². The van der Waals surface area contributed by atoms with Crippen LogP contribution in [0.3, 0.4) is 0 Å². The van der Waals surface area contributed by atoms with Gasteiger partial charge < -0.3 is 4.52 Å². The first-order valence-corrected chi connectivity index (χ1v) is 6.83. The number of benzene rings is 1. The molecule has 0 fully saturated rings. The number of nitro groups is 1. The third kappa shape index (κ3) is 2.68. The summed E-state index contributed by atoms with van der Waals surface area (Å²) in [5, 5.41) is 11.0. The second-order valence-corrected chi connectivity index (χ2v) is 5.94. The van der Waals surface area contributed by atoms with Crippen molar-refractivity contribution in [1.29, 1.82) is 0 Å². The van der Waals surface area contributed by atoms with E-state index in [1.807, 2.05) is 0 Å². The Morgan fingerprint density at radius 1 is 1.44 bits per heavy atom. The minimum absolute atomic E-state index is 0.0640. The van der Waals surface area contributed by atoms with Crippen LogP contribution in [-0.2, 0) is 9.09 Å². The Labute approximate surface area is 94.0 Å². The fourth-order valence-electron chi connectivity index (χ4n) is 1.38. The van der Waals surface area contributed by atoms with E-state index in [0.29, 0.717) is 18.1 Å². The average Bonchev–Trinajstić information content (AvgIpc) is 2.29. The summed E-state index contributed by atoms with van der Waals surface area (Å²) in [6, 6.07) is 5.82. The molecule has 0 unspecified atom stereocenters. The number of nitro benzene ring substituents is 1. The van der Waals surface area contributed by atoms with Crippen molar-refractivity contribution < 1.29 is 14.0 Å². The number of nitrogens with zero attached hydrogens (tertiary/aromatic N) is 1. The highest BCUT2D eigenvalue weighted by Gasteiger charge is 2.24. The van der Waals surface area contributed by atoms with E-state index in [4.69, 9.17) is 4.52 Å². The van der Waals surface area contributed by atoms with Crippen LogP contribution in [0.1, 0.15) is 13.8 Å². The van der Waals surface area contributed by atoms with E-state index in [9.17, 15) is 14.7 Å². The fourth-order valence-corrected chi connectivity index (χ4v) is 3.13. The average molecular weight is 243 g/mol. The van der Waals surface area contributed by atoms with Crippen LogP contribution in [0.2, 0.25) is 0 Å². The van der Waals surface area contributed by atoms with Gasteiger partial charge in [0, 0.05) is 23.6 Å². The summed E-state index contributed by atoms with van der Waals surface area (Å²) in [4.78, 5) is 10.1. The van der Waals surface area contributed by atoms with Crippen LogP contribution in [0.25, 0.3) is 0 Å². The van der Waals surface area contributed by atoms with Gasteiger partial charge in [0.25, 0.3) is 5.69 Å². The lowest BCUT2D eigenvalue weighted by molar-refractivity contribution is -0.384. The van der Waals surface area contributed by atoms with Crippen LogP contribution >= 0.6 is 7.37 Å². The summed E-state index contributed by atoms with van der Waals surface area (Å²) in [5.41, 5.74) is -0.0640. The van der Waals surface area contributed by atoms with E-state index in [2.05, 4.69) is 0 Å². The van der Waals surface area contributed by atoms with Gasteiger partial charge in [0.2, 0.25) is 7.37 Å². The molecule has 0 amide bonds. The van der Waals surface area contributed by atoms with Crippen LogP contribution in [0.15, 0.2) is 24.3 Å². The molecular formula is C10H14NO4P. The Hall–Kier alpha value is -1.19. The van der Waals surface area contributed by atoms with Gasteiger partial charge in [-0.1, -0.05) is 13.0 Å². The van der Waals surface area contributed by atoms with E-state index in [1.54, 1.807) is 19.9 Å². The minimum atomic E-state index is -2.92. The molecule has 5 nitrogen and oxygen atoms in total. The first-order chi connectivity index (χ1) is 7.53. The Morgan fingerprint density at radius 3 is 2.62 bits per heavy atom. The van der Waals surface area contributed by atoms with E-state index < -0.39 is 12.3 Å². The van der Waals surface area contributed by atoms with Gasteiger partial charge in [-0.15, -0.1) is 0 Å². The molecule has 0 aliphatic rings. The van der Waals surface area contributed by atoms with Crippen LogP contribution in [0.5, 0.6) is 0 Å². The van der Waals surface area contributed by atoms with Gasteiger partial charge in [-0.2, -0.15) is 0 Å². The second-order valence-electron chi connectivity index (χ2n) is 3.18. The summed E-state index contributed by atoms with van der Waals surface area (Å²) in [6.07, 6.45) is 0.335. The molecule has 1 aromatic rings. The van der Waals surface area contributed by atoms with Gasteiger partial charge in [0.05, 0.1) is 11.5 Å². The second kappa shape index (κ2) is 5.23. The molecule has 0 aliphatic heterocycles. The Morgan fingerprint density at radius 2 is 2.12 bits per heavy atom. The summed E-state index contributed by atoms with van der Waals surface area (Å²) in [7, 11) is -2.92. The van der Waals surface area contributed by atoms with Gasteiger partial charge in [-0.3, -0.25) is 14.7 Å². The molecule has 0 N–H and O–H groups in total. The van der Waals surface area contributed by atoms with Crippen LogP contribution in [-0.4, -0.2) is 17.7 Å². The Bertz CT molecular complexity index is 433. The largest absolute Gasteiger partial charge is 0.326 e. The zero-order valence-electron chi connectivity index (χ0n) is 9.25. The molecule has 0 aromatic heterocycles. The molecule has 0 saturated heterocycles. The fraction of sp³-hybridized carbons (Fsp3) is 0.400. The molecule has 1 rings (SSSR count). The van der Waals surface area contributed by atoms with Crippen LogP contribution in [0.4, 0.5) is 5.69 Å². The van der Waals surface area contributed by atoms with Gasteiger partial charge >= 0.3 is 0 Å². The number of non-ortho nitro benzene ring substituents is 1. The molecule has 0 saturated carbocycles. The van der Waals surface area contributed by atoms with Gasteiger partial charge in [-0.25, -0.2) is 0 Å². The molecule has 6 heteroatoms. The maximum atomic E-state index is 12.3. The van der Waals surface area contributed by atoms with Crippen molar-refractivity contribution in [2.24, 2.45) is 0 Å². The number of hydrogen-bond acceptors (Lipinski definition) is 4. The van der Waals surface area contributed by atoms with Crippen LogP contribution < -0.4 is 5.30 Å². The van der Waals surface area contributed by atoms with Crippen molar-refractivity contribution in [3.05, 3.63) is 34.4 Å². The van der Waals surface area contributed by atoms with Crippen LogP contribution in [0, 0.1) is 10.1 Å². The highest BCUT2D eigenvalue weighted by molar-refractivity contribution is 7.66. The number of rotatable bonds is 5. The summed E-state index contributed by atoms with van der Waals surface area (Å²) >= 11 is 0. The molecule has 0 aliphatic carbocycles. The first-order valence-electron chi connectivity index (χ1n) is 5.02. The molecule has 0 bridgehead atoms. The monoisotopic (exact) mass is 243 g/mol. The molecular weight excluding hydrogens is 229 g/mol. The molecule has 16 heavy (non-hydrogen) atoms. The van der Waals surface area contributed by atoms with Crippen molar-refractivity contribution in [3.63, 3.8) is 0 Å². The van der Waals surface area contributed by atoms with Crippen molar-refractivity contribution in [1.82, 2.24) is 0 Å². The smallest absolute Gasteiger partial charge is 0.270 e. The predicted octanol–water partition coefficient (Wildman–Crippen LogP) is 2.55. The van der Waals surface area contributed by atoms with Gasteiger partial charge in [0.15, 0.2) is 0 Å². The molecule has 88 valence electrons. The zero-order chi connectivity index (χ0) is 12.2. The Kier molecular flexibility index (Phi) is 4.21. The van der Waals surface area contributed by atoms with Crippen molar-refractivity contribution >= 4 is 18.4 Å². The lowest BCUT2D eigenvalue weighted by Gasteiger charge is -2.15. The van der Waals surface area contributed by atoms with E-state index in [-0.39, 0.29) is 5.69 Å². The first kappa shape index (κ1) is 12.9. The summed E-state index contributed by atoms with van der Waals surface area (Å²) in [5.74, 6) is 0. The molecule has 1 aromatic carbocycles. The topological polar surface area (TPSA) is 69.4 Å².